The van der Waals surface area contributed by atoms with Gasteiger partial charge in [0.1, 0.15) is 12.0 Å². The van der Waals surface area contributed by atoms with E-state index in [0.717, 1.165) is 17.7 Å². The molecule has 0 aliphatic heterocycles. The molecule has 0 atom stereocenters. The highest BCUT2D eigenvalue weighted by Gasteiger charge is 2.14. The van der Waals surface area contributed by atoms with Gasteiger partial charge in [0.2, 0.25) is 11.2 Å². The summed E-state index contributed by atoms with van der Waals surface area (Å²) >= 11 is 1.31. The third-order valence-corrected chi connectivity index (χ3v) is 4.54. The molecule has 0 fully saturated rings. The van der Waals surface area contributed by atoms with E-state index in [1.54, 1.807) is 0 Å². The summed E-state index contributed by atoms with van der Waals surface area (Å²) < 4.78 is 10.4. The Morgan fingerprint density at radius 1 is 1.17 bits per heavy atom. The first kappa shape index (κ1) is 20.2. The molecule has 0 amide bonds. The van der Waals surface area contributed by atoms with Gasteiger partial charge in [0.25, 0.3) is 5.69 Å². The SMILES string of the molecule is Cc1cc(C)nc(SCc2cc(=O)c(OC(=O)c3ccc([N+](=O)[O-])cc3)co2)n1. The zero-order valence-electron chi connectivity index (χ0n) is 15.4. The lowest BCUT2D eigenvalue weighted by Gasteiger charge is -2.05. The quantitative estimate of drug-likeness (QED) is 0.196. The van der Waals surface area contributed by atoms with Crippen LogP contribution in [0.1, 0.15) is 27.5 Å². The lowest BCUT2D eigenvalue weighted by molar-refractivity contribution is -0.384. The number of ether oxygens (including phenoxy) is 1. The van der Waals surface area contributed by atoms with E-state index in [1.807, 2.05) is 19.9 Å². The van der Waals surface area contributed by atoms with Crippen molar-refractivity contribution in [2.45, 2.75) is 24.8 Å². The number of carbonyl (C=O) groups is 1. The molecular formula is C19H15N3O6S. The molecule has 0 saturated carbocycles. The Bertz CT molecular complexity index is 1110. The number of benzene rings is 1. The van der Waals surface area contributed by atoms with Crippen molar-refractivity contribution < 1.29 is 18.9 Å². The van der Waals surface area contributed by atoms with Gasteiger partial charge in [-0.3, -0.25) is 14.9 Å². The van der Waals surface area contributed by atoms with Crippen LogP contribution in [0.15, 0.2) is 57.0 Å². The van der Waals surface area contributed by atoms with E-state index in [-0.39, 0.29) is 17.0 Å². The van der Waals surface area contributed by atoms with Gasteiger partial charge in [-0.2, -0.15) is 0 Å². The Morgan fingerprint density at radius 2 is 1.83 bits per heavy atom. The number of carbonyl (C=O) groups excluding carboxylic acids is 1. The minimum atomic E-state index is -0.821. The Kier molecular flexibility index (Phi) is 6.03. The van der Waals surface area contributed by atoms with Crippen LogP contribution < -0.4 is 10.2 Å². The maximum absolute atomic E-state index is 12.2. The molecule has 2 heterocycles. The van der Waals surface area contributed by atoms with Crippen molar-refractivity contribution >= 4 is 23.4 Å². The van der Waals surface area contributed by atoms with Gasteiger partial charge in [-0.1, -0.05) is 11.8 Å². The van der Waals surface area contributed by atoms with Crippen molar-refractivity contribution in [3.8, 4) is 5.75 Å². The van der Waals surface area contributed by atoms with E-state index < -0.39 is 16.3 Å². The number of hydrogen-bond acceptors (Lipinski definition) is 9. The predicted molar refractivity (Wildman–Crippen MR) is 104 cm³/mol. The Morgan fingerprint density at radius 3 is 2.41 bits per heavy atom. The number of thioether (sulfide) groups is 1. The van der Waals surface area contributed by atoms with Crippen LogP contribution in [0.25, 0.3) is 0 Å². The number of nitrogens with zero attached hydrogens (tertiary/aromatic N) is 3. The first-order valence-electron chi connectivity index (χ1n) is 8.35. The van der Waals surface area contributed by atoms with Crippen LogP contribution in [0.2, 0.25) is 0 Å². The highest BCUT2D eigenvalue weighted by atomic mass is 32.2. The lowest BCUT2D eigenvalue weighted by Crippen LogP contribution is -2.14. The summed E-state index contributed by atoms with van der Waals surface area (Å²) in [5.74, 6) is -0.394. The second-order valence-corrected chi connectivity index (χ2v) is 6.93. The minimum absolute atomic E-state index is 0.0709. The zero-order chi connectivity index (χ0) is 21.0. The standard InChI is InChI=1S/C19H15N3O6S/c1-11-7-12(2)21-19(20-11)29-10-15-8-16(23)17(9-27-15)28-18(24)13-3-5-14(6-4-13)22(25)26/h3-9H,10H2,1-2H3. The molecule has 0 N–H and O–H groups in total. The number of nitro groups is 1. The number of esters is 1. The summed E-state index contributed by atoms with van der Waals surface area (Å²) in [6, 6.07) is 7.93. The summed E-state index contributed by atoms with van der Waals surface area (Å²) in [5.41, 5.74) is 1.07. The summed E-state index contributed by atoms with van der Waals surface area (Å²) in [6.07, 6.45) is 1.06. The van der Waals surface area contributed by atoms with Gasteiger partial charge in [-0.15, -0.1) is 0 Å². The molecule has 3 aromatic rings. The van der Waals surface area contributed by atoms with Gasteiger partial charge in [-0.05, 0) is 32.0 Å². The van der Waals surface area contributed by atoms with Crippen molar-refractivity contribution in [1.82, 2.24) is 9.97 Å². The van der Waals surface area contributed by atoms with Crippen LogP contribution in [0.4, 0.5) is 5.69 Å². The van der Waals surface area contributed by atoms with Gasteiger partial charge >= 0.3 is 5.97 Å². The maximum Gasteiger partial charge on any atom is 0.343 e. The summed E-state index contributed by atoms with van der Waals surface area (Å²) in [4.78, 5) is 43.0. The monoisotopic (exact) mass is 413 g/mol. The van der Waals surface area contributed by atoms with E-state index in [9.17, 15) is 19.7 Å². The highest BCUT2D eigenvalue weighted by Crippen LogP contribution is 2.20. The van der Waals surface area contributed by atoms with Crippen molar-refractivity contribution in [3.63, 3.8) is 0 Å². The molecule has 0 saturated heterocycles. The third kappa shape index (κ3) is 5.26. The van der Waals surface area contributed by atoms with Crippen LogP contribution in [-0.4, -0.2) is 20.9 Å². The topological polar surface area (TPSA) is 125 Å². The minimum Gasteiger partial charge on any atom is -0.464 e. The largest absolute Gasteiger partial charge is 0.464 e. The summed E-state index contributed by atoms with van der Waals surface area (Å²) in [5, 5.41) is 11.2. The Hall–Kier alpha value is -3.53. The van der Waals surface area contributed by atoms with Gasteiger partial charge in [0, 0.05) is 29.6 Å². The molecule has 0 bridgehead atoms. The molecule has 29 heavy (non-hydrogen) atoms. The van der Waals surface area contributed by atoms with Gasteiger partial charge in [0.15, 0.2) is 5.16 Å². The fraction of sp³-hybridized carbons (Fsp3) is 0.158. The third-order valence-electron chi connectivity index (χ3n) is 3.67. The Balaban J connectivity index is 1.66. The fourth-order valence-corrected chi connectivity index (χ4v) is 3.20. The van der Waals surface area contributed by atoms with E-state index >= 15 is 0 Å². The van der Waals surface area contributed by atoms with E-state index in [1.165, 1.54) is 42.1 Å². The second kappa shape index (κ2) is 8.65. The average molecular weight is 413 g/mol. The second-order valence-electron chi connectivity index (χ2n) is 5.99. The lowest BCUT2D eigenvalue weighted by atomic mass is 10.2. The van der Waals surface area contributed by atoms with Crippen LogP contribution in [-0.2, 0) is 5.75 Å². The van der Waals surface area contributed by atoms with Crippen LogP contribution >= 0.6 is 11.8 Å². The average Bonchev–Trinajstić information content (AvgIpc) is 2.67. The van der Waals surface area contributed by atoms with E-state index in [4.69, 9.17) is 9.15 Å². The zero-order valence-corrected chi connectivity index (χ0v) is 16.3. The van der Waals surface area contributed by atoms with Gasteiger partial charge in [0.05, 0.1) is 16.2 Å². The predicted octanol–water partition coefficient (Wildman–Crippen LogP) is 3.47. The van der Waals surface area contributed by atoms with Crippen LogP contribution in [0.3, 0.4) is 0 Å². The number of aryl methyl sites for hydroxylation is 2. The molecule has 0 radical (unpaired) electrons. The number of non-ortho nitro benzene ring substituents is 1. The number of rotatable bonds is 6. The molecule has 2 aromatic heterocycles. The first-order chi connectivity index (χ1) is 13.8. The van der Waals surface area contributed by atoms with E-state index in [0.29, 0.717) is 16.7 Å². The van der Waals surface area contributed by atoms with Gasteiger partial charge in [-0.25, -0.2) is 14.8 Å². The smallest absolute Gasteiger partial charge is 0.343 e. The first-order valence-corrected chi connectivity index (χ1v) is 9.34. The molecule has 9 nitrogen and oxygen atoms in total. The van der Waals surface area contributed by atoms with Crippen LogP contribution in [0, 0.1) is 24.0 Å². The number of hydrogen-bond donors (Lipinski definition) is 0. The van der Waals surface area contributed by atoms with Crippen molar-refractivity contribution in [2.75, 3.05) is 0 Å². The van der Waals surface area contributed by atoms with Crippen molar-refractivity contribution in [3.05, 3.63) is 85.7 Å². The molecule has 1 aromatic carbocycles. The molecule has 0 spiro atoms. The molecular weight excluding hydrogens is 398 g/mol. The normalized spacial score (nSPS) is 10.6. The molecule has 10 heteroatoms. The molecule has 148 valence electrons. The molecule has 0 unspecified atom stereocenters. The molecule has 3 rings (SSSR count). The summed E-state index contributed by atoms with van der Waals surface area (Å²) in [7, 11) is 0. The number of nitro benzene ring substituents is 1. The van der Waals surface area contributed by atoms with Crippen molar-refractivity contribution in [1.29, 1.82) is 0 Å². The highest BCUT2D eigenvalue weighted by molar-refractivity contribution is 7.98. The van der Waals surface area contributed by atoms with E-state index in [2.05, 4.69) is 9.97 Å². The molecule has 0 aliphatic rings. The Labute approximate surface area is 168 Å². The van der Waals surface area contributed by atoms with Gasteiger partial charge < -0.3 is 9.15 Å². The maximum atomic E-state index is 12.2. The molecule has 0 aliphatic carbocycles. The summed E-state index contributed by atoms with van der Waals surface area (Å²) in [6.45, 7) is 3.74. The van der Waals surface area contributed by atoms with Crippen molar-refractivity contribution in [2.24, 2.45) is 0 Å². The number of aromatic nitrogens is 2. The van der Waals surface area contributed by atoms with Crippen LogP contribution in [0.5, 0.6) is 5.75 Å². The fourth-order valence-electron chi connectivity index (χ4n) is 2.36.